The van der Waals surface area contributed by atoms with Crippen LogP contribution in [0.3, 0.4) is 0 Å². The van der Waals surface area contributed by atoms with Gasteiger partial charge in [-0.3, -0.25) is 0 Å². The van der Waals surface area contributed by atoms with E-state index in [1.165, 1.54) is 5.69 Å². The summed E-state index contributed by atoms with van der Waals surface area (Å²) in [5, 5.41) is 0. The number of ether oxygens (including phenoxy) is 2. The van der Waals surface area contributed by atoms with E-state index >= 15 is 0 Å². The van der Waals surface area contributed by atoms with Crippen LogP contribution in [0.2, 0.25) is 0 Å². The molecule has 0 N–H and O–H groups in total. The lowest BCUT2D eigenvalue weighted by molar-refractivity contribution is -0.129. The van der Waals surface area contributed by atoms with Crippen molar-refractivity contribution in [3.63, 3.8) is 0 Å². The van der Waals surface area contributed by atoms with Gasteiger partial charge in [-0.15, -0.1) is 0 Å². The topological polar surface area (TPSA) is 65.6 Å². The minimum Gasteiger partial charge on any atom is -0.423 e. The fraction of sp³-hybridized carbons (Fsp3) is 0.0526. The highest BCUT2D eigenvalue weighted by Gasteiger charge is 2.17. The van der Waals surface area contributed by atoms with Crippen LogP contribution < -0.4 is 29.1 Å². The van der Waals surface area contributed by atoms with Gasteiger partial charge in [0.2, 0.25) is 0 Å². The highest BCUT2D eigenvalue weighted by molar-refractivity contribution is 5.85. The first-order valence-corrected chi connectivity index (χ1v) is 21.3. The first-order valence-electron chi connectivity index (χ1n) is 21.3. The molecule has 322 valence electrons. The van der Waals surface area contributed by atoms with Crippen molar-refractivity contribution in [2.45, 2.75) is 6.92 Å². The molecule has 0 bridgehead atoms. The van der Waals surface area contributed by atoms with Gasteiger partial charge in [0.25, 0.3) is 0 Å². The lowest BCUT2D eigenvalue weighted by Gasteiger charge is -2.28. The van der Waals surface area contributed by atoms with Crippen molar-refractivity contribution in [1.29, 1.82) is 0 Å². The van der Waals surface area contributed by atoms with E-state index in [0.29, 0.717) is 11.5 Å². The number of esters is 2. The number of benzene rings is 8. The highest BCUT2D eigenvalue weighted by Crippen LogP contribution is 2.40. The maximum atomic E-state index is 11.6. The van der Waals surface area contributed by atoms with E-state index in [0.717, 1.165) is 69.9 Å². The Morgan fingerprint density at radius 3 is 0.815 bits per heavy atom. The third-order valence-corrected chi connectivity index (χ3v) is 10.4. The molecular formula is C57H50N4O4. The number of para-hydroxylation sites is 4. The summed E-state index contributed by atoms with van der Waals surface area (Å²) in [6, 6.07) is 72.9. The number of nitrogens with zero attached hydrogens (tertiary/aromatic N) is 4. The summed E-state index contributed by atoms with van der Waals surface area (Å²) >= 11 is 0. The Hall–Kier alpha value is -8.62. The lowest BCUT2D eigenvalue weighted by atomic mass is 10.1. The van der Waals surface area contributed by atoms with E-state index < -0.39 is 11.9 Å². The zero-order valence-corrected chi connectivity index (χ0v) is 36.5. The van der Waals surface area contributed by atoms with Crippen molar-refractivity contribution in [3.05, 3.63) is 244 Å². The first kappa shape index (κ1) is 44.4. The molecule has 0 aliphatic carbocycles. The Balaban J connectivity index is 0.000000202. The number of hydrogen-bond donors (Lipinski definition) is 0. The normalized spacial score (nSPS) is 10.3. The van der Waals surface area contributed by atoms with E-state index in [4.69, 9.17) is 9.47 Å². The molecule has 8 aromatic rings. The van der Waals surface area contributed by atoms with E-state index in [-0.39, 0.29) is 0 Å². The minimum absolute atomic E-state index is 0.469. The van der Waals surface area contributed by atoms with Crippen molar-refractivity contribution in [2.75, 3.05) is 33.2 Å². The smallest absolute Gasteiger partial charge is 0.335 e. The molecule has 0 saturated carbocycles. The predicted molar refractivity (Wildman–Crippen MR) is 268 cm³/mol. The molecule has 0 unspecified atom stereocenters. The van der Waals surface area contributed by atoms with Crippen LogP contribution in [0.4, 0.5) is 56.9 Å². The van der Waals surface area contributed by atoms with Gasteiger partial charge in [-0.25, -0.2) is 9.59 Å². The number of anilines is 10. The number of carbonyl (C=O) groups excluding carboxylic acids is 2. The monoisotopic (exact) mass is 854 g/mol. The van der Waals surface area contributed by atoms with Gasteiger partial charge in [0.15, 0.2) is 0 Å². The summed E-state index contributed by atoms with van der Waals surface area (Å²) < 4.78 is 10.4. The molecule has 0 radical (unpaired) electrons. The zero-order valence-electron chi connectivity index (χ0n) is 36.5. The second-order valence-electron chi connectivity index (χ2n) is 14.6. The Bertz CT molecular complexity index is 2710. The van der Waals surface area contributed by atoms with Crippen LogP contribution in [-0.2, 0) is 9.59 Å². The van der Waals surface area contributed by atoms with E-state index in [1.54, 1.807) is 24.3 Å². The molecular weight excluding hydrogens is 805 g/mol. The largest absolute Gasteiger partial charge is 0.423 e. The summed E-state index contributed by atoms with van der Waals surface area (Å²) in [6.07, 6.45) is 2.30. The molecule has 0 saturated heterocycles. The van der Waals surface area contributed by atoms with Gasteiger partial charge in [0, 0.05) is 82.6 Å². The molecule has 8 rings (SSSR count). The predicted octanol–water partition coefficient (Wildman–Crippen LogP) is 14.4. The molecule has 8 nitrogen and oxygen atoms in total. The maximum absolute atomic E-state index is 11.6. The van der Waals surface area contributed by atoms with E-state index in [1.807, 2.05) is 97.1 Å². The van der Waals surface area contributed by atoms with Crippen LogP contribution in [0.5, 0.6) is 11.5 Å². The van der Waals surface area contributed by atoms with Crippen molar-refractivity contribution in [3.8, 4) is 11.5 Å². The molecule has 0 fully saturated rings. The third-order valence-electron chi connectivity index (χ3n) is 10.4. The molecule has 0 heterocycles. The van der Waals surface area contributed by atoms with Crippen LogP contribution in [0, 0.1) is 0 Å². The van der Waals surface area contributed by atoms with Crippen molar-refractivity contribution < 1.29 is 19.1 Å². The second-order valence-corrected chi connectivity index (χ2v) is 14.6. The van der Waals surface area contributed by atoms with Gasteiger partial charge < -0.3 is 29.1 Å². The van der Waals surface area contributed by atoms with Crippen LogP contribution in [-0.4, -0.2) is 25.5 Å². The molecule has 8 aromatic carbocycles. The van der Waals surface area contributed by atoms with E-state index in [9.17, 15) is 9.59 Å². The Kier molecular flexibility index (Phi) is 15.0. The quantitative estimate of drug-likeness (QED) is 0.0574. The molecule has 0 aliphatic rings. The van der Waals surface area contributed by atoms with Crippen LogP contribution in [0.1, 0.15) is 6.92 Å². The molecule has 65 heavy (non-hydrogen) atoms. The van der Waals surface area contributed by atoms with Crippen LogP contribution >= 0.6 is 0 Å². The molecule has 0 aliphatic heterocycles. The van der Waals surface area contributed by atoms with Crippen LogP contribution in [0.25, 0.3) is 0 Å². The summed E-state index contributed by atoms with van der Waals surface area (Å²) in [4.78, 5) is 31.7. The standard InChI is InChI=1S/C33H26N2O2.C24H24N2O2/c1-2-33(36)37-32-24-22-31(23-25-32)35(28-16-10-5-11-17-28)30-20-18-29(19-21-30)34(26-12-6-3-7-13-26)27-14-8-4-9-15-27;1-4-24(27)28-23-17-15-22(16-18-23)26(20-9-7-6-8-10-20)21-13-11-19(12-14-21)25(3)5-2/h2-25H,1H2;4,6-18H,1,5H2,2-3H3. The molecule has 0 atom stereocenters. The Morgan fingerprint density at radius 1 is 0.369 bits per heavy atom. The maximum Gasteiger partial charge on any atom is 0.335 e. The summed E-state index contributed by atoms with van der Waals surface area (Å²) in [6.45, 7) is 9.96. The van der Waals surface area contributed by atoms with Gasteiger partial charge in [0.05, 0.1) is 0 Å². The molecule has 0 aromatic heterocycles. The highest BCUT2D eigenvalue weighted by atomic mass is 16.5. The van der Waals surface area contributed by atoms with Gasteiger partial charge in [-0.1, -0.05) is 86.0 Å². The SMILES string of the molecule is C=CC(=O)Oc1ccc(N(c2ccccc2)c2ccc(N(C)CC)cc2)cc1.C=CC(=O)Oc1ccc(N(c2ccccc2)c2ccc(N(c3ccccc3)c3ccccc3)cc2)cc1. The Morgan fingerprint density at radius 2 is 0.585 bits per heavy atom. The van der Waals surface area contributed by atoms with Gasteiger partial charge in [0.1, 0.15) is 11.5 Å². The van der Waals surface area contributed by atoms with E-state index in [2.05, 4.69) is 144 Å². The third kappa shape index (κ3) is 11.5. The average molecular weight is 855 g/mol. The Labute approximate surface area is 381 Å². The van der Waals surface area contributed by atoms with Crippen molar-refractivity contribution >= 4 is 68.8 Å². The fourth-order valence-corrected chi connectivity index (χ4v) is 7.08. The van der Waals surface area contributed by atoms with Crippen molar-refractivity contribution in [2.24, 2.45) is 0 Å². The number of hydrogen-bond acceptors (Lipinski definition) is 8. The fourth-order valence-electron chi connectivity index (χ4n) is 7.08. The second kappa shape index (κ2) is 21.9. The summed E-state index contributed by atoms with van der Waals surface area (Å²) in [5.41, 5.74) is 10.5. The average Bonchev–Trinajstić information content (AvgIpc) is 3.37. The number of carbonyl (C=O) groups is 2. The minimum atomic E-state index is -0.482. The van der Waals surface area contributed by atoms with Gasteiger partial charge in [-0.05, 0) is 153 Å². The summed E-state index contributed by atoms with van der Waals surface area (Å²) in [5.74, 6) is 0.00731. The first-order chi connectivity index (χ1) is 31.8. The molecule has 0 amide bonds. The lowest BCUT2D eigenvalue weighted by Crippen LogP contribution is -2.16. The number of rotatable bonds is 15. The van der Waals surface area contributed by atoms with Crippen LogP contribution in [0.15, 0.2) is 244 Å². The van der Waals surface area contributed by atoms with Gasteiger partial charge in [-0.2, -0.15) is 0 Å². The van der Waals surface area contributed by atoms with Crippen molar-refractivity contribution in [1.82, 2.24) is 0 Å². The summed E-state index contributed by atoms with van der Waals surface area (Å²) in [7, 11) is 2.08. The zero-order chi connectivity index (χ0) is 45.4. The molecule has 0 spiro atoms. The molecule has 8 heteroatoms. The van der Waals surface area contributed by atoms with Gasteiger partial charge >= 0.3 is 11.9 Å².